The van der Waals surface area contributed by atoms with Crippen LogP contribution in [0.1, 0.15) is 25.0 Å². The Bertz CT molecular complexity index is 885. The van der Waals surface area contributed by atoms with Gasteiger partial charge in [-0.05, 0) is 55.3 Å². The summed E-state index contributed by atoms with van der Waals surface area (Å²) in [5.41, 5.74) is 1.93. The van der Waals surface area contributed by atoms with Crippen LogP contribution in [0.2, 0.25) is 5.02 Å². The van der Waals surface area contributed by atoms with Crippen molar-refractivity contribution in [3.8, 4) is 5.75 Å². The van der Waals surface area contributed by atoms with Crippen molar-refractivity contribution in [3.05, 3.63) is 70.5 Å². The molecule has 1 saturated heterocycles. The molecule has 6 heteroatoms. The Morgan fingerprint density at radius 3 is 2.59 bits per heavy atom. The molecule has 154 valence electrons. The van der Waals surface area contributed by atoms with E-state index in [1.54, 1.807) is 31.4 Å². The van der Waals surface area contributed by atoms with Crippen LogP contribution in [-0.2, 0) is 11.3 Å². The summed E-state index contributed by atoms with van der Waals surface area (Å²) in [5, 5.41) is 0.538. The van der Waals surface area contributed by atoms with Crippen molar-refractivity contribution in [2.45, 2.75) is 32.5 Å². The fourth-order valence-electron chi connectivity index (χ4n) is 3.59. The number of hydrogen-bond donors (Lipinski definition) is 0. The van der Waals surface area contributed by atoms with E-state index in [1.807, 2.05) is 23.1 Å². The summed E-state index contributed by atoms with van der Waals surface area (Å²) in [5.74, 6) is 0.341. The molecule has 4 nitrogen and oxygen atoms in total. The third-order valence-electron chi connectivity index (χ3n) is 5.29. The predicted octanol–water partition coefficient (Wildman–Crippen LogP) is 4.62. The summed E-state index contributed by atoms with van der Waals surface area (Å²) in [7, 11) is 1.56. The van der Waals surface area contributed by atoms with E-state index in [2.05, 4.69) is 18.7 Å². The molecule has 1 amide bonds. The van der Waals surface area contributed by atoms with Crippen LogP contribution in [0.3, 0.4) is 0 Å². The van der Waals surface area contributed by atoms with Gasteiger partial charge in [0.1, 0.15) is 11.6 Å². The molecular formula is C23H26ClFN2O2. The summed E-state index contributed by atoms with van der Waals surface area (Å²) in [6.07, 6.45) is 3.38. The van der Waals surface area contributed by atoms with E-state index in [0.29, 0.717) is 17.3 Å². The molecule has 1 aliphatic heterocycles. The van der Waals surface area contributed by atoms with Crippen LogP contribution in [0.25, 0.3) is 6.08 Å². The smallest absolute Gasteiger partial charge is 0.246 e. The molecular weight excluding hydrogens is 391 g/mol. The van der Waals surface area contributed by atoms with Gasteiger partial charge in [0.2, 0.25) is 5.91 Å². The second-order valence-corrected chi connectivity index (χ2v) is 7.88. The Hall–Kier alpha value is -2.37. The maximum Gasteiger partial charge on any atom is 0.246 e. The van der Waals surface area contributed by atoms with Crippen molar-refractivity contribution in [1.82, 2.24) is 9.80 Å². The molecule has 0 saturated carbocycles. The molecule has 29 heavy (non-hydrogen) atoms. The second-order valence-electron chi connectivity index (χ2n) is 7.47. The van der Waals surface area contributed by atoms with Crippen molar-refractivity contribution >= 4 is 23.6 Å². The van der Waals surface area contributed by atoms with Gasteiger partial charge < -0.3 is 9.64 Å². The largest absolute Gasteiger partial charge is 0.495 e. The molecule has 0 bridgehead atoms. The number of piperazine rings is 1. The summed E-state index contributed by atoms with van der Waals surface area (Å²) in [4.78, 5) is 17.0. The van der Waals surface area contributed by atoms with Gasteiger partial charge in [-0.15, -0.1) is 0 Å². The first kappa shape index (κ1) is 21.3. The van der Waals surface area contributed by atoms with E-state index < -0.39 is 0 Å². The fraction of sp³-hybridized carbons (Fsp3) is 0.348. The molecule has 1 aliphatic rings. The molecule has 0 aromatic heterocycles. The first-order valence-electron chi connectivity index (χ1n) is 9.68. The summed E-state index contributed by atoms with van der Waals surface area (Å²) >= 11 is 6.05. The maximum atomic E-state index is 13.1. The molecule has 0 spiro atoms. The molecule has 0 radical (unpaired) electrons. The molecule has 2 unspecified atom stereocenters. The van der Waals surface area contributed by atoms with Crippen molar-refractivity contribution < 1.29 is 13.9 Å². The van der Waals surface area contributed by atoms with Gasteiger partial charge in [-0.25, -0.2) is 4.39 Å². The maximum absolute atomic E-state index is 13.1. The van der Waals surface area contributed by atoms with Gasteiger partial charge in [0.05, 0.1) is 12.1 Å². The van der Waals surface area contributed by atoms with Crippen molar-refractivity contribution in [1.29, 1.82) is 0 Å². The highest BCUT2D eigenvalue weighted by Crippen LogP contribution is 2.26. The highest BCUT2D eigenvalue weighted by atomic mass is 35.5. The van der Waals surface area contributed by atoms with E-state index >= 15 is 0 Å². The Labute approximate surface area is 176 Å². The Balaban J connectivity index is 1.63. The lowest BCUT2D eigenvalue weighted by Gasteiger charge is -2.44. The van der Waals surface area contributed by atoms with Gasteiger partial charge in [-0.3, -0.25) is 9.69 Å². The normalized spacial score (nSPS) is 20.2. The number of benzene rings is 2. The predicted molar refractivity (Wildman–Crippen MR) is 114 cm³/mol. The summed E-state index contributed by atoms with van der Waals surface area (Å²) < 4.78 is 18.3. The number of ether oxygens (including phenoxy) is 1. The third-order valence-corrected chi connectivity index (χ3v) is 5.60. The molecule has 2 aromatic rings. The van der Waals surface area contributed by atoms with Crippen LogP contribution in [0.5, 0.6) is 5.75 Å². The van der Waals surface area contributed by atoms with Gasteiger partial charge in [0.25, 0.3) is 0 Å². The van der Waals surface area contributed by atoms with Gasteiger partial charge >= 0.3 is 0 Å². The summed E-state index contributed by atoms with van der Waals surface area (Å²) in [6.45, 7) is 6.33. The van der Waals surface area contributed by atoms with Gasteiger partial charge in [0.15, 0.2) is 0 Å². The molecule has 0 N–H and O–H groups in total. The number of methoxy groups -OCH3 is 1. The van der Waals surface area contributed by atoms with Crippen molar-refractivity contribution in [3.63, 3.8) is 0 Å². The lowest BCUT2D eigenvalue weighted by Crippen LogP contribution is -2.57. The third kappa shape index (κ3) is 5.37. The van der Waals surface area contributed by atoms with E-state index in [1.165, 1.54) is 12.1 Å². The van der Waals surface area contributed by atoms with E-state index in [9.17, 15) is 9.18 Å². The number of halogens is 2. The van der Waals surface area contributed by atoms with E-state index in [4.69, 9.17) is 16.3 Å². The Morgan fingerprint density at radius 2 is 1.90 bits per heavy atom. The SMILES string of the molecule is COc1cc(C=CC(=O)N2CC(C)N(Cc3ccc(F)cc3)CC2C)ccc1Cl. The average Bonchev–Trinajstić information content (AvgIpc) is 2.71. The minimum absolute atomic E-state index is 0.0142. The minimum Gasteiger partial charge on any atom is -0.495 e. The molecule has 2 atom stereocenters. The van der Waals surface area contributed by atoms with E-state index in [0.717, 1.165) is 24.2 Å². The standard InChI is InChI=1S/C23H26ClFN2O2/c1-16-14-27(17(2)13-26(16)15-19-4-8-20(25)9-5-19)23(28)11-7-18-6-10-21(24)22(12-18)29-3/h4-12,16-17H,13-15H2,1-3H3. The second kappa shape index (κ2) is 9.42. The molecule has 2 aromatic carbocycles. The monoisotopic (exact) mass is 416 g/mol. The number of hydrogen-bond acceptors (Lipinski definition) is 3. The fourth-order valence-corrected chi connectivity index (χ4v) is 3.79. The first-order valence-corrected chi connectivity index (χ1v) is 10.1. The van der Waals surface area contributed by atoms with Crippen LogP contribution in [-0.4, -0.2) is 48.0 Å². The quantitative estimate of drug-likeness (QED) is 0.666. The van der Waals surface area contributed by atoms with Gasteiger partial charge in [0, 0.05) is 37.8 Å². The number of carbonyl (C=O) groups excluding carboxylic acids is 1. The highest BCUT2D eigenvalue weighted by Gasteiger charge is 2.30. The van der Waals surface area contributed by atoms with Gasteiger partial charge in [-0.2, -0.15) is 0 Å². The minimum atomic E-state index is -0.226. The topological polar surface area (TPSA) is 32.8 Å². The molecule has 1 heterocycles. The average molecular weight is 417 g/mol. The van der Waals surface area contributed by atoms with Crippen molar-refractivity contribution in [2.24, 2.45) is 0 Å². The molecule has 3 rings (SSSR count). The number of nitrogens with zero attached hydrogens (tertiary/aromatic N) is 2. The van der Waals surface area contributed by atoms with Crippen LogP contribution < -0.4 is 4.74 Å². The Kier molecular flexibility index (Phi) is 6.93. The zero-order valence-electron chi connectivity index (χ0n) is 16.9. The summed E-state index contributed by atoms with van der Waals surface area (Å²) in [6, 6.07) is 12.3. The van der Waals surface area contributed by atoms with Gasteiger partial charge in [-0.1, -0.05) is 29.8 Å². The molecule has 0 aliphatic carbocycles. The number of carbonyl (C=O) groups is 1. The van der Waals surface area contributed by atoms with Crippen LogP contribution in [0, 0.1) is 5.82 Å². The van der Waals surface area contributed by atoms with Crippen LogP contribution in [0.4, 0.5) is 4.39 Å². The molecule has 1 fully saturated rings. The first-order chi connectivity index (χ1) is 13.9. The zero-order chi connectivity index (χ0) is 21.0. The number of amides is 1. The Morgan fingerprint density at radius 1 is 1.17 bits per heavy atom. The number of rotatable bonds is 5. The van der Waals surface area contributed by atoms with Crippen LogP contribution in [0.15, 0.2) is 48.5 Å². The lowest BCUT2D eigenvalue weighted by atomic mass is 10.1. The highest BCUT2D eigenvalue weighted by molar-refractivity contribution is 6.32. The van der Waals surface area contributed by atoms with Crippen molar-refractivity contribution in [2.75, 3.05) is 20.2 Å². The van der Waals surface area contributed by atoms with E-state index in [-0.39, 0.29) is 23.8 Å². The van der Waals surface area contributed by atoms with Crippen LogP contribution >= 0.6 is 11.6 Å². The zero-order valence-corrected chi connectivity index (χ0v) is 17.7. The lowest BCUT2D eigenvalue weighted by molar-refractivity contribution is -0.131.